The molecule has 0 heterocycles. The van der Waals surface area contributed by atoms with Gasteiger partial charge in [0.05, 0.1) is 4.90 Å². The molecule has 0 amide bonds. The van der Waals surface area contributed by atoms with Gasteiger partial charge in [-0.2, -0.15) is 0 Å². The van der Waals surface area contributed by atoms with E-state index in [4.69, 9.17) is 18.0 Å². The lowest BCUT2D eigenvalue weighted by Crippen LogP contribution is -2.34. The Bertz CT molecular complexity index is 597. The summed E-state index contributed by atoms with van der Waals surface area (Å²) in [6.45, 7) is 1.10. The highest BCUT2D eigenvalue weighted by atomic mass is 32.2. The molecule has 3 N–H and O–H groups in total. The molecule has 5 nitrogen and oxygen atoms in total. The second-order valence-corrected chi connectivity index (χ2v) is 7.21. The summed E-state index contributed by atoms with van der Waals surface area (Å²) >= 11 is 4.86. The third-order valence-corrected chi connectivity index (χ3v) is 5.05. The summed E-state index contributed by atoms with van der Waals surface area (Å²) in [6.07, 6.45) is 2.42. The SMILES string of the molecule is CN(CCNS(=O)(=O)c1cccc(C(N)=S)c1)C1CC1. The molecule has 0 spiro atoms. The van der Waals surface area contributed by atoms with Crippen molar-refractivity contribution in [2.75, 3.05) is 20.1 Å². The van der Waals surface area contributed by atoms with E-state index in [1.807, 2.05) is 7.05 Å². The van der Waals surface area contributed by atoms with Crippen molar-refractivity contribution in [1.29, 1.82) is 0 Å². The lowest BCUT2D eigenvalue weighted by atomic mass is 10.2. The number of thiocarbonyl (C=S) groups is 1. The van der Waals surface area contributed by atoms with Crippen LogP contribution >= 0.6 is 12.2 Å². The Morgan fingerprint density at radius 1 is 1.50 bits per heavy atom. The largest absolute Gasteiger partial charge is 0.389 e. The first kappa shape index (κ1) is 15.4. The molecule has 0 unspecified atom stereocenters. The van der Waals surface area contributed by atoms with E-state index in [1.54, 1.807) is 12.1 Å². The number of likely N-dealkylation sites (N-methyl/N-ethyl adjacent to an activating group) is 1. The minimum absolute atomic E-state index is 0.190. The van der Waals surface area contributed by atoms with Gasteiger partial charge >= 0.3 is 0 Å². The third kappa shape index (κ3) is 3.99. The number of nitrogens with zero attached hydrogens (tertiary/aromatic N) is 1. The molecule has 1 saturated carbocycles. The number of sulfonamides is 1. The second kappa shape index (κ2) is 6.17. The molecule has 1 aliphatic rings. The first-order chi connectivity index (χ1) is 9.40. The molecule has 0 bridgehead atoms. The Hall–Kier alpha value is -1.02. The van der Waals surface area contributed by atoms with Crippen LogP contribution in [0.1, 0.15) is 18.4 Å². The lowest BCUT2D eigenvalue weighted by Gasteiger charge is -2.16. The number of rotatable bonds is 7. The van der Waals surface area contributed by atoms with Crippen LogP contribution in [0.25, 0.3) is 0 Å². The molecular formula is C13H19N3O2S2. The van der Waals surface area contributed by atoms with Crippen LogP contribution in [-0.4, -0.2) is 44.5 Å². The van der Waals surface area contributed by atoms with Gasteiger partial charge in [-0.3, -0.25) is 0 Å². The number of nitrogens with two attached hydrogens (primary N) is 1. The fourth-order valence-electron chi connectivity index (χ4n) is 1.95. The van der Waals surface area contributed by atoms with Crippen molar-refractivity contribution < 1.29 is 8.42 Å². The zero-order valence-corrected chi connectivity index (χ0v) is 13.0. The monoisotopic (exact) mass is 313 g/mol. The van der Waals surface area contributed by atoms with Crippen LogP contribution in [0, 0.1) is 0 Å². The molecule has 110 valence electrons. The quantitative estimate of drug-likeness (QED) is 0.725. The zero-order chi connectivity index (χ0) is 14.8. The van der Waals surface area contributed by atoms with Crippen LogP contribution in [0.5, 0.6) is 0 Å². The molecule has 7 heteroatoms. The van der Waals surface area contributed by atoms with E-state index >= 15 is 0 Å². The zero-order valence-electron chi connectivity index (χ0n) is 11.4. The molecule has 2 rings (SSSR count). The third-order valence-electron chi connectivity index (χ3n) is 3.36. The number of hydrogen-bond donors (Lipinski definition) is 2. The fraction of sp³-hybridized carbons (Fsp3) is 0.462. The molecule has 20 heavy (non-hydrogen) atoms. The van der Waals surface area contributed by atoms with Crippen LogP contribution in [-0.2, 0) is 10.0 Å². The van der Waals surface area contributed by atoms with Gasteiger partial charge in [0.2, 0.25) is 10.0 Å². The lowest BCUT2D eigenvalue weighted by molar-refractivity contribution is 0.329. The summed E-state index contributed by atoms with van der Waals surface area (Å²) in [5, 5.41) is 0. The summed E-state index contributed by atoms with van der Waals surface area (Å²) in [7, 11) is -1.50. The van der Waals surface area contributed by atoms with Crippen molar-refractivity contribution >= 4 is 27.2 Å². The van der Waals surface area contributed by atoms with Gasteiger partial charge in [-0.05, 0) is 32.0 Å². The van der Waals surface area contributed by atoms with Gasteiger partial charge in [0.15, 0.2) is 0 Å². The predicted molar refractivity (Wildman–Crippen MR) is 83.2 cm³/mol. The highest BCUT2D eigenvalue weighted by Crippen LogP contribution is 2.24. The van der Waals surface area contributed by atoms with Gasteiger partial charge in [0.1, 0.15) is 4.99 Å². The topological polar surface area (TPSA) is 75.4 Å². The van der Waals surface area contributed by atoms with E-state index in [0.29, 0.717) is 24.7 Å². The molecule has 1 aromatic rings. The minimum Gasteiger partial charge on any atom is -0.389 e. The first-order valence-corrected chi connectivity index (χ1v) is 8.39. The van der Waals surface area contributed by atoms with Gasteiger partial charge in [-0.15, -0.1) is 0 Å². The predicted octanol–water partition coefficient (Wildman–Crippen LogP) is 0.693. The highest BCUT2D eigenvalue weighted by molar-refractivity contribution is 7.89. The molecule has 0 aliphatic heterocycles. The molecule has 0 saturated heterocycles. The highest BCUT2D eigenvalue weighted by Gasteiger charge is 2.25. The van der Waals surface area contributed by atoms with Gasteiger partial charge in [0, 0.05) is 24.7 Å². The Morgan fingerprint density at radius 3 is 2.80 bits per heavy atom. The molecule has 0 atom stereocenters. The summed E-state index contributed by atoms with van der Waals surface area (Å²) < 4.78 is 26.9. The average molecular weight is 313 g/mol. The van der Waals surface area contributed by atoms with Crippen LogP contribution in [0.3, 0.4) is 0 Å². The Balaban J connectivity index is 1.98. The van der Waals surface area contributed by atoms with Gasteiger partial charge in [-0.25, -0.2) is 13.1 Å². The first-order valence-electron chi connectivity index (χ1n) is 6.50. The van der Waals surface area contributed by atoms with Crippen molar-refractivity contribution in [3.05, 3.63) is 29.8 Å². The maximum Gasteiger partial charge on any atom is 0.240 e. The van der Waals surface area contributed by atoms with Crippen molar-refractivity contribution in [2.24, 2.45) is 5.73 Å². The van der Waals surface area contributed by atoms with Crippen molar-refractivity contribution in [2.45, 2.75) is 23.8 Å². The van der Waals surface area contributed by atoms with E-state index in [2.05, 4.69) is 9.62 Å². The minimum atomic E-state index is -3.51. The van der Waals surface area contributed by atoms with E-state index in [9.17, 15) is 8.42 Å². The molecule has 1 aromatic carbocycles. The summed E-state index contributed by atoms with van der Waals surface area (Å²) in [4.78, 5) is 2.56. The summed E-state index contributed by atoms with van der Waals surface area (Å²) in [5.74, 6) is 0. The number of hydrogen-bond acceptors (Lipinski definition) is 4. The van der Waals surface area contributed by atoms with Gasteiger partial charge in [0.25, 0.3) is 0 Å². The average Bonchev–Trinajstić information content (AvgIpc) is 3.23. The van der Waals surface area contributed by atoms with Crippen LogP contribution < -0.4 is 10.5 Å². The van der Waals surface area contributed by atoms with Crippen molar-refractivity contribution in [3.63, 3.8) is 0 Å². The summed E-state index contributed by atoms with van der Waals surface area (Å²) in [5.41, 5.74) is 6.07. The molecule has 1 aliphatic carbocycles. The van der Waals surface area contributed by atoms with Crippen molar-refractivity contribution in [3.8, 4) is 0 Å². The van der Waals surface area contributed by atoms with Crippen LogP contribution in [0.4, 0.5) is 0 Å². The Morgan fingerprint density at radius 2 is 2.20 bits per heavy atom. The molecule has 0 radical (unpaired) electrons. The van der Waals surface area contributed by atoms with Crippen molar-refractivity contribution in [1.82, 2.24) is 9.62 Å². The van der Waals surface area contributed by atoms with E-state index in [0.717, 1.165) is 0 Å². The molecular weight excluding hydrogens is 294 g/mol. The van der Waals surface area contributed by atoms with E-state index < -0.39 is 10.0 Å². The van der Waals surface area contributed by atoms with Gasteiger partial charge in [-0.1, -0.05) is 24.4 Å². The second-order valence-electron chi connectivity index (χ2n) is 5.00. The van der Waals surface area contributed by atoms with Crippen LogP contribution in [0.15, 0.2) is 29.2 Å². The smallest absolute Gasteiger partial charge is 0.240 e. The maximum absolute atomic E-state index is 12.2. The molecule has 1 fully saturated rings. The maximum atomic E-state index is 12.2. The molecule has 0 aromatic heterocycles. The Labute approximate surface area is 125 Å². The number of nitrogens with one attached hydrogen (secondary N) is 1. The Kier molecular flexibility index (Phi) is 4.74. The number of benzene rings is 1. The fourth-order valence-corrected chi connectivity index (χ4v) is 3.15. The standard InChI is InChI=1S/C13H19N3O2S2/c1-16(11-5-6-11)8-7-15-20(17,18)12-4-2-3-10(9-12)13(14)19/h2-4,9,11,15H,5-8H2,1H3,(H2,14,19). The summed E-state index contributed by atoms with van der Waals surface area (Å²) in [6, 6.07) is 6.99. The van der Waals surface area contributed by atoms with Gasteiger partial charge < -0.3 is 10.6 Å². The van der Waals surface area contributed by atoms with E-state index in [1.165, 1.54) is 25.0 Å². The van der Waals surface area contributed by atoms with Crippen LogP contribution in [0.2, 0.25) is 0 Å². The van der Waals surface area contributed by atoms with E-state index in [-0.39, 0.29) is 9.88 Å². The normalized spacial score (nSPS) is 15.5.